The highest BCUT2D eigenvalue weighted by Crippen LogP contribution is 2.36. The molecule has 2 aromatic carbocycles. The molecule has 10 heteroatoms. The quantitative estimate of drug-likeness (QED) is 0.301. The number of aryl methyl sites for hydroxylation is 1. The monoisotopic (exact) mass is 454 g/mol. The van der Waals surface area contributed by atoms with E-state index >= 15 is 0 Å². The summed E-state index contributed by atoms with van der Waals surface area (Å²) in [5, 5.41) is 28.6. The van der Waals surface area contributed by atoms with Crippen LogP contribution in [0.5, 0.6) is 0 Å². The lowest BCUT2D eigenvalue weighted by atomic mass is 9.98. The smallest absolute Gasteiger partial charge is 0.309 e. The number of rotatable bonds is 8. The van der Waals surface area contributed by atoms with Gasteiger partial charge in [-0.15, -0.1) is 10.2 Å². The zero-order chi connectivity index (χ0) is 22.8. The molecule has 2 heterocycles. The Morgan fingerprint density at radius 1 is 1.31 bits per heavy atom. The summed E-state index contributed by atoms with van der Waals surface area (Å²) in [5.41, 5.74) is 3.78. The predicted molar refractivity (Wildman–Crippen MR) is 118 cm³/mol. The van der Waals surface area contributed by atoms with E-state index in [4.69, 9.17) is 9.52 Å². The summed E-state index contributed by atoms with van der Waals surface area (Å²) in [5.74, 6) is -0.593. The van der Waals surface area contributed by atoms with Crippen molar-refractivity contribution in [3.8, 4) is 11.5 Å². The average Bonchev–Trinajstić information content (AvgIpc) is 3.18. The number of nitrogens with zero attached hydrogens (tertiary/aromatic N) is 4. The van der Waals surface area contributed by atoms with Gasteiger partial charge in [-0.05, 0) is 36.6 Å². The molecule has 1 saturated heterocycles. The third kappa shape index (κ3) is 4.81. The van der Waals surface area contributed by atoms with E-state index in [2.05, 4.69) is 15.1 Å². The number of likely N-dealkylation sites (tertiary alicyclic amines) is 1. The fraction of sp³-hybridized carbons (Fsp3) is 0.318. The van der Waals surface area contributed by atoms with Gasteiger partial charge < -0.3 is 9.52 Å². The fourth-order valence-electron chi connectivity index (χ4n) is 3.65. The Hall–Kier alpha value is -3.24. The summed E-state index contributed by atoms with van der Waals surface area (Å²) >= 11 is 1.35. The number of thioether (sulfide) groups is 1. The fourth-order valence-corrected chi connectivity index (χ4v) is 4.45. The standard InChI is InChI=1S/C22H22N4O5S/c1-13-8-15(10-25-11-17(12-25)21(27)28)6-7-19(13)20-23-24-22(31-20)32-14(2)16-4-3-5-18(9-16)26(29)30/h3-9,14,17H,10-12H2,1-2H3,(H,27,28). The van der Waals surface area contributed by atoms with Crippen molar-refractivity contribution in [2.45, 2.75) is 30.9 Å². The van der Waals surface area contributed by atoms with Crippen molar-refractivity contribution in [3.05, 3.63) is 69.3 Å². The largest absolute Gasteiger partial charge is 0.481 e. The molecule has 3 aromatic rings. The zero-order valence-electron chi connectivity index (χ0n) is 17.6. The molecule has 1 unspecified atom stereocenters. The van der Waals surface area contributed by atoms with Gasteiger partial charge in [-0.3, -0.25) is 19.8 Å². The van der Waals surface area contributed by atoms with Gasteiger partial charge in [0.25, 0.3) is 10.9 Å². The Labute approximate surface area is 188 Å². The number of non-ortho nitro benzene ring substituents is 1. The molecule has 1 atom stereocenters. The van der Waals surface area contributed by atoms with Crippen molar-refractivity contribution in [1.82, 2.24) is 15.1 Å². The molecule has 0 spiro atoms. The van der Waals surface area contributed by atoms with Crippen molar-refractivity contribution < 1.29 is 19.2 Å². The molecule has 0 bridgehead atoms. The Kier molecular flexibility index (Phi) is 6.24. The second kappa shape index (κ2) is 9.09. The van der Waals surface area contributed by atoms with Gasteiger partial charge in [-0.2, -0.15) is 0 Å². The minimum Gasteiger partial charge on any atom is -0.481 e. The summed E-state index contributed by atoms with van der Waals surface area (Å²) < 4.78 is 5.85. The lowest BCUT2D eigenvalue weighted by Crippen LogP contribution is -2.49. The molecule has 1 aliphatic rings. The van der Waals surface area contributed by atoms with Gasteiger partial charge in [0.1, 0.15) is 0 Å². The second-order valence-corrected chi connectivity index (χ2v) is 9.16. The van der Waals surface area contributed by atoms with Crippen LogP contribution in [0.2, 0.25) is 0 Å². The van der Waals surface area contributed by atoms with Crippen LogP contribution in [0.3, 0.4) is 0 Å². The SMILES string of the molecule is Cc1cc(CN2CC(C(=O)O)C2)ccc1-c1nnc(SC(C)c2cccc([N+](=O)[O-])c2)o1. The maximum Gasteiger partial charge on any atom is 0.309 e. The first-order valence-corrected chi connectivity index (χ1v) is 11.0. The lowest BCUT2D eigenvalue weighted by molar-refractivity contribution is -0.384. The third-order valence-electron chi connectivity index (χ3n) is 5.47. The number of carboxylic acid groups (broad SMARTS) is 1. The summed E-state index contributed by atoms with van der Waals surface area (Å²) in [6.07, 6.45) is 0. The normalized spacial score (nSPS) is 15.3. The van der Waals surface area contributed by atoms with E-state index in [1.807, 2.05) is 38.1 Å². The number of carbonyl (C=O) groups is 1. The van der Waals surface area contributed by atoms with Gasteiger partial charge in [0.15, 0.2) is 0 Å². The van der Waals surface area contributed by atoms with Crippen LogP contribution in [0, 0.1) is 23.0 Å². The average molecular weight is 455 g/mol. The Morgan fingerprint density at radius 3 is 2.78 bits per heavy atom. The zero-order valence-corrected chi connectivity index (χ0v) is 18.4. The van der Waals surface area contributed by atoms with Crippen LogP contribution in [0.25, 0.3) is 11.5 Å². The summed E-state index contributed by atoms with van der Waals surface area (Å²) in [7, 11) is 0. The van der Waals surface area contributed by atoms with Crippen LogP contribution in [-0.4, -0.2) is 44.2 Å². The molecule has 0 saturated carbocycles. The van der Waals surface area contributed by atoms with Crippen molar-refractivity contribution in [2.24, 2.45) is 5.92 Å². The van der Waals surface area contributed by atoms with E-state index in [0.717, 1.165) is 22.3 Å². The van der Waals surface area contributed by atoms with Gasteiger partial charge in [0.2, 0.25) is 5.89 Å². The molecule has 9 nitrogen and oxygen atoms in total. The molecule has 1 N–H and O–H groups in total. The summed E-state index contributed by atoms with van der Waals surface area (Å²) in [6.45, 7) is 5.75. The minimum absolute atomic E-state index is 0.0496. The van der Waals surface area contributed by atoms with Gasteiger partial charge in [0.05, 0.1) is 10.8 Å². The van der Waals surface area contributed by atoms with E-state index in [0.29, 0.717) is 30.7 Å². The molecule has 166 valence electrons. The minimum atomic E-state index is -0.738. The molecule has 0 aliphatic carbocycles. The van der Waals surface area contributed by atoms with Gasteiger partial charge in [-0.25, -0.2) is 0 Å². The predicted octanol–water partition coefficient (Wildman–Crippen LogP) is 4.32. The first kappa shape index (κ1) is 22.0. The number of benzene rings is 2. The number of aliphatic carboxylic acids is 1. The molecule has 32 heavy (non-hydrogen) atoms. The van der Waals surface area contributed by atoms with E-state index < -0.39 is 10.9 Å². The molecule has 4 rings (SSSR count). The van der Waals surface area contributed by atoms with Crippen molar-refractivity contribution in [3.63, 3.8) is 0 Å². The maximum atomic E-state index is 11.0. The number of carboxylic acids is 1. The number of aromatic nitrogens is 2. The first-order chi connectivity index (χ1) is 15.3. The molecule has 1 fully saturated rings. The summed E-state index contributed by atoms with van der Waals surface area (Å²) in [4.78, 5) is 23.6. The van der Waals surface area contributed by atoms with Crippen molar-refractivity contribution >= 4 is 23.4 Å². The van der Waals surface area contributed by atoms with Crippen LogP contribution in [0.4, 0.5) is 5.69 Å². The topological polar surface area (TPSA) is 123 Å². The molecule has 1 aliphatic heterocycles. The Bertz CT molecular complexity index is 1160. The van der Waals surface area contributed by atoms with E-state index in [1.165, 1.54) is 17.8 Å². The number of hydrogen-bond donors (Lipinski definition) is 1. The van der Waals surface area contributed by atoms with Crippen LogP contribution in [0.15, 0.2) is 52.1 Å². The molecular weight excluding hydrogens is 432 g/mol. The lowest BCUT2D eigenvalue weighted by Gasteiger charge is -2.36. The van der Waals surface area contributed by atoms with Crippen LogP contribution in [-0.2, 0) is 11.3 Å². The maximum absolute atomic E-state index is 11.0. The number of hydrogen-bond acceptors (Lipinski definition) is 8. The Morgan fingerprint density at radius 2 is 2.09 bits per heavy atom. The van der Waals surface area contributed by atoms with Gasteiger partial charge >= 0.3 is 5.97 Å². The first-order valence-electron chi connectivity index (χ1n) is 10.1. The molecule has 1 aromatic heterocycles. The van der Waals surface area contributed by atoms with Crippen LogP contribution < -0.4 is 0 Å². The van der Waals surface area contributed by atoms with Crippen molar-refractivity contribution in [2.75, 3.05) is 13.1 Å². The van der Waals surface area contributed by atoms with E-state index in [1.54, 1.807) is 12.1 Å². The second-order valence-electron chi connectivity index (χ2n) is 7.86. The van der Waals surface area contributed by atoms with Crippen molar-refractivity contribution in [1.29, 1.82) is 0 Å². The van der Waals surface area contributed by atoms with Crippen LogP contribution >= 0.6 is 11.8 Å². The third-order valence-corrected chi connectivity index (χ3v) is 6.46. The van der Waals surface area contributed by atoms with E-state index in [-0.39, 0.29) is 16.9 Å². The van der Waals surface area contributed by atoms with E-state index in [9.17, 15) is 14.9 Å². The highest BCUT2D eigenvalue weighted by atomic mass is 32.2. The van der Waals surface area contributed by atoms with Gasteiger partial charge in [-0.1, -0.05) is 36.0 Å². The molecule has 0 amide bonds. The Balaban J connectivity index is 1.41. The number of nitro groups is 1. The summed E-state index contributed by atoms with van der Waals surface area (Å²) in [6, 6.07) is 12.5. The molecular formula is C22H22N4O5S. The van der Waals surface area contributed by atoms with Gasteiger partial charge in [0, 0.05) is 42.6 Å². The number of nitro benzene ring substituents is 1. The highest BCUT2D eigenvalue weighted by Gasteiger charge is 2.32. The highest BCUT2D eigenvalue weighted by molar-refractivity contribution is 7.99. The van der Waals surface area contributed by atoms with Crippen LogP contribution in [0.1, 0.15) is 28.9 Å². The molecule has 0 radical (unpaired) electrons.